The van der Waals surface area contributed by atoms with Gasteiger partial charge in [-0.05, 0) is 62.1 Å². The van der Waals surface area contributed by atoms with Gasteiger partial charge in [-0.25, -0.2) is 4.79 Å². The number of rotatable bonds is 6. The zero-order chi connectivity index (χ0) is 22.3. The molecule has 0 saturated carbocycles. The number of nitrogens with zero attached hydrogens (tertiary/aromatic N) is 2. The van der Waals surface area contributed by atoms with Gasteiger partial charge in [0.15, 0.2) is 0 Å². The van der Waals surface area contributed by atoms with Gasteiger partial charge >= 0.3 is 6.09 Å². The molecule has 0 radical (unpaired) electrons. The Hall–Kier alpha value is -3.10. The van der Waals surface area contributed by atoms with Crippen molar-refractivity contribution in [1.29, 1.82) is 0 Å². The molecule has 0 bridgehead atoms. The normalized spacial score (nSPS) is 13.7. The zero-order valence-corrected chi connectivity index (χ0v) is 20.0. The predicted octanol–water partition coefficient (Wildman–Crippen LogP) is 5.59. The maximum absolute atomic E-state index is 12.5. The molecule has 0 atom stereocenters. The number of anilines is 3. The lowest BCUT2D eigenvalue weighted by atomic mass is 9.97. The Kier molecular flexibility index (Phi) is 8.68. The largest absolute Gasteiger partial charge is 0.449 e. The van der Waals surface area contributed by atoms with Crippen molar-refractivity contribution in [2.24, 2.45) is 5.92 Å². The highest BCUT2D eigenvalue weighted by atomic mass is 35.5. The highest BCUT2D eigenvalue weighted by molar-refractivity contribution is 7.14. The second-order valence-electron chi connectivity index (χ2n) is 7.77. The maximum atomic E-state index is 12.5. The number of thiophene rings is 1. The number of aryl methyl sites for hydroxylation is 1. The lowest BCUT2D eigenvalue weighted by Gasteiger charge is -2.33. The third-order valence-corrected chi connectivity index (χ3v) is 6.47. The van der Waals surface area contributed by atoms with Crippen molar-refractivity contribution in [3.63, 3.8) is 0 Å². The first-order chi connectivity index (χ1) is 15.6. The number of hydrogen-bond donors (Lipinski definition) is 2. The summed E-state index contributed by atoms with van der Waals surface area (Å²) in [4.78, 5) is 32.9. The number of carbonyl (C=O) groups excluding carboxylic acids is 2. The molecule has 2 N–H and O–H groups in total. The second-order valence-corrected chi connectivity index (χ2v) is 9.06. The number of halogens is 1. The molecule has 3 heterocycles. The highest BCUT2D eigenvalue weighted by Gasteiger charge is 2.21. The zero-order valence-electron chi connectivity index (χ0n) is 18.3. The van der Waals surface area contributed by atoms with Crippen LogP contribution >= 0.6 is 23.7 Å². The number of para-hydroxylation sites is 2. The molecule has 1 aromatic carbocycles. The number of amides is 2. The molecule has 1 fully saturated rings. The minimum absolute atomic E-state index is 0. The molecule has 174 valence electrons. The first kappa shape index (κ1) is 24.5. The van der Waals surface area contributed by atoms with Crippen LogP contribution in [0.3, 0.4) is 0 Å². The molecule has 2 amide bonds. The molecule has 4 rings (SSSR count). The molecule has 3 aromatic rings. The molecule has 0 spiro atoms. The summed E-state index contributed by atoms with van der Waals surface area (Å²) < 4.78 is 5.49. The number of carbonyl (C=O) groups is 2. The fourth-order valence-corrected chi connectivity index (χ4v) is 4.46. The van der Waals surface area contributed by atoms with Crippen LogP contribution in [0.25, 0.3) is 0 Å². The highest BCUT2D eigenvalue weighted by Crippen LogP contribution is 2.25. The van der Waals surface area contributed by atoms with Gasteiger partial charge in [-0.15, -0.1) is 23.7 Å². The monoisotopic (exact) mass is 486 g/mol. The Morgan fingerprint density at radius 1 is 1.03 bits per heavy atom. The van der Waals surface area contributed by atoms with Crippen molar-refractivity contribution in [3.05, 3.63) is 70.7 Å². The van der Waals surface area contributed by atoms with Crippen LogP contribution in [0.1, 0.15) is 27.4 Å². The number of benzene rings is 1. The van der Waals surface area contributed by atoms with E-state index in [2.05, 4.69) is 20.5 Å². The first-order valence-corrected chi connectivity index (χ1v) is 11.5. The van der Waals surface area contributed by atoms with E-state index in [0.29, 0.717) is 28.8 Å². The summed E-state index contributed by atoms with van der Waals surface area (Å²) in [5.74, 6) is 0.127. The number of piperidine rings is 1. The smallest absolute Gasteiger partial charge is 0.411 e. The quantitative estimate of drug-likeness (QED) is 0.474. The van der Waals surface area contributed by atoms with Crippen LogP contribution in [0.4, 0.5) is 21.9 Å². The van der Waals surface area contributed by atoms with Crippen LogP contribution in [0.15, 0.2) is 60.9 Å². The minimum atomic E-state index is -0.518. The second kappa shape index (κ2) is 11.7. The SMILES string of the molecule is Cc1ccc(C(=O)Nc2ccccc2NC(=O)OCC2CCN(c3ccncc3)CC2)s1.Cl. The molecule has 2 aromatic heterocycles. The van der Waals surface area contributed by atoms with Gasteiger partial charge in [0.25, 0.3) is 5.91 Å². The molecular weight excluding hydrogens is 460 g/mol. The molecule has 0 unspecified atom stereocenters. The van der Waals surface area contributed by atoms with Gasteiger partial charge in [-0.2, -0.15) is 0 Å². The van der Waals surface area contributed by atoms with E-state index in [9.17, 15) is 9.59 Å². The van der Waals surface area contributed by atoms with Crippen LogP contribution in [-0.4, -0.2) is 36.7 Å². The van der Waals surface area contributed by atoms with Crippen molar-refractivity contribution in [2.45, 2.75) is 19.8 Å². The molecule has 1 aliphatic rings. The van der Waals surface area contributed by atoms with Crippen LogP contribution in [0.5, 0.6) is 0 Å². The number of hydrogen-bond acceptors (Lipinski definition) is 6. The molecule has 33 heavy (non-hydrogen) atoms. The predicted molar refractivity (Wildman–Crippen MR) is 135 cm³/mol. The summed E-state index contributed by atoms with van der Waals surface area (Å²) in [5.41, 5.74) is 2.21. The van der Waals surface area contributed by atoms with Gasteiger partial charge < -0.3 is 15.0 Å². The summed E-state index contributed by atoms with van der Waals surface area (Å²) in [5, 5.41) is 5.62. The summed E-state index contributed by atoms with van der Waals surface area (Å²) in [7, 11) is 0. The maximum Gasteiger partial charge on any atom is 0.411 e. The van der Waals surface area contributed by atoms with E-state index in [4.69, 9.17) is 4.74 Å². The summed E-state index contributed by atoms with van der Waals surface area (Å²) in [6.45, 7) is 4.18. The lowest BCUT2D eigenvalue weighted by Crippen LogP contribution is -2.35. The Balaban J connectivity index is 0.00000306. The van der Waals surface area contributed by atoms with E-state index in [1.54, 1.807) is 36.7 Å². The summed E-state index contributed by atoms with van der Waals surface area (Å²) >= 11 is 1.43. The van der Waals surface area contributed by atoms with Gasteiger partial charge in [-0.3, -0.25) is 15.1 Å². The average molecular weight is 487 g/mol. The van der Waals surface area contributed by atoms with E-state index >= 15 is 0 Å². The Labute approximate surface area is 203 Å². The van der Waals surface area contributed by atoms with Gasteiger partial charge in [0.2, 0.25) is 0 Å². The van der Waals surface area contributed by atoms with Crippen LogP contribution in [0, 0.1) is 12.8 Å². The van der Waals surface area contributed by atoms with E-state index in [1.165, 1.54) is 17.0 Å². The fraction of sp³-hybridized carbons (Fsp3) is 0.292. The molecule has 0 aliphatic carbocycles. The molecular formula is C24H27ClN4O3S. The summed E-state index contributed by atoms with van der Waals surface area (Å²) in [6.07, 6.45) is 5.01. The lowest BCUT2D eigenvalue weighted by molar-refractivity contribution is 0.103. The van der Waals surface area contributed by atoms with Crippen molar-refractivity contribution in [1.82, 2.24) is 4.98 Å². The Morgan fingerprint density at radius 2 is 1.70 bits per heavy atom. The van der Waals surface area contributed by atoms with E-state index in [0.717, 1.165) is 30.8 Å². The third-order valence-electron chi connectivity index (χ3n) is 5.47. The van der Waals surface area contributed by atoms with Gasteiger partial charge in [-0.1, -0.05) is 12.1 Å². The minimum Gasteiger partial charge on any atom is -0.449 e. The Morgan fingerprint density at radius 3 is 2.33 bits per heavy atom. The van der Waals surface area contributed by atoms with Gasteiger partial charge in [0.1, 0.15) is 0 Å². The molecule has 7 nitrogen and oxygen atoms in total. The standard InChI is InChI=1S/C24H26N4O3S.ClH/c1-17-6-7-22(32-17)23(29)26-20-4-2-3-5-21(20)27-24(30)31-16-18-10-14-28(15-11-18)19-8-12-25-13-9-19;/h2-9,12-13,18H,10-11,14-16H2,1H3,(H,26,29)(H,27,30);1H. The number of aromatic nitrogens is 1. The van der Waals surface area contributed by atoms with Crippen LogP contribution in [0.2, 0.25) is 0 Å². The Bertz CT molecular complexity index is 1070. The summed E-state index contributed by atoms with van der Waals surface area (Å²) in [6, 6.07) is 14.8. The van der Waals surface area contributed by atoms with Crippen molar-refractivity contribution in [3.8, 4) is 0 Å². The molecule has 1 aliphatic heterocycles. The van der Waals surface area contributed by atoms with Gasteiger partial charge in [0, 0.05) is 36.0 Å². The van der Waals surface area contributed by atoms with E-state index < -0.39 is 6.09 Å². The average Bonchev–Trinajstić information content (AvgIpc) is 3.26. The number of ether oxygens (including phenoxy) is 1. The fourth-order valence-electron chi connectivity index (χ4n) is 3.69. The van der Waals surface area contributed by atoms with Crippen molar-refractivity contribution < 1.29 is 14.3 Å². The topological polar surface area (TPSA) is 83.6 Å². The van der Waals surface area contributed by atoms with Crippen LogP contribution < -0.4 is 15.5 Å². The first-order valence-electron chi connectivity index (χ1n) is 10.6. The number of nitrogens with one attached hydrogen (secondary N) is 2. The molecule has 9 heteroatoms. The molecule has 1 saturated heterocycles. The van der Waals surface area contributed by atoms with E-state index in [1.807, 2.05) is 31.2 Å². The van der Waals surface area contributed by atoms with Crippen LogP contribution in [-0.2, 0) is 4.74 Å². The third kappa shape index (κ3) is 6.69. The number of pyridine rings is 1. The van der Waals surface area contributed by atoms with Gasteiger partial charge in [0.05, 0.1) is 22.9 Å². The van der Waals surface area contributed by atoms with Crippen molar-refractivity contribution >= 4 is 52.8 Å². The van der Waals surface area contributed by atoms with Crippen molar-refractivity contribution in [2.75, 3.05) is 35.2 Å². The van der Waals surface area contributed by atoms with E-state index in [-0.39, 0.29) is 18.3 Å².